The second kappa shape index (κ2) is 5.93. The fourth-order valence-corrected chi connectivity index (χ4v) is 2.83. The fraction of sp³-hybridized carbons (Fsp3) is 0.143. The number of aryl methyl sites for hydroxylation is 1. The SMILES string of the molecule is Nc1ccc(CCS(=O)c2cc(F)ccc2F)cc1. The molecule has 2 N–H and O–H groups in total. The summed E-state index contributed by atoms with van der Waals surface area (Å²) < 4.78 is 38.4. The maximum Gasteiger partial charge on any atom is 0.139 e. The van der Waals surface area contributed by atoms with Gasteiger partial charge in [0.15, 0.2) is 0 Å². The molecule has 2 aromatic carbocycles. The van der Waals surface area contributed by atoms with Gasteiger partial charge >= 0.3 is 0 Å². The second-order valence-electron chi connectivity index (χ2n) is 4.12. The van der Waals surface area contributed by atoms with Crippen molar-refractivity contribution in [3.05, 3.63) is 59.7 Å². The summed E-state index contributed by atoms with van der Waals surface area (Å²) in [6.45, 7) is 0. The van der Waals surface area contributed by atoms with Gasteiger partial charge in [-0.2, -0.15) is 0 Å². The highest BCUT2D eigenvalue weighted by atomic mass is 32.2. The summed E-state index contributed by atoms with van der Waals surface area (Å²) in [7, 11) is -1.56. The van der Waals surface area contributed by atoms with Crippen LogP contribution in [0, 0.1) is 11.6 Å². The first-order chi connectivity index (χ1) is 9.06. The van der Waals surface area contributed by atoms with Crippen LogP contribution in [0.15, 0.2) is 47.4 Å². The van der Waals surface area contributed by atoms with Gasteiger partial charge in [0.2, 0.25) is 0 Å². The maximum absolute atomic E-state index is 13.4. The van der Waals surface area contributed by atoms with Crippen LogP contribution in [0.3, 0.4) is 0 Å². The number of nitrogen functional groups attached to an aromatic ring is 1. The minimum atomic E-state index is -1.56. The molecule has 2 nitrogen and oxygen atoms in total. The average molecular weight is 281 g/mol. The molecular formula is C14H13F2NOS. The minimum Gasteiger partial charge on any atom is -0.399 e. The third-order valence-corrected chi connectivity index (χ3v) is 4.07. The predicted octanol–water partition coefficient (Wildman–Crippen LogP) is 2.90. The normalized spacial score (nSPS) is 12.3. The Morgan fingerprint density at radius 1 is 1.05 bits per heavy atom. The van der Waals surface area contributed by atoms with E-state index in [0.29, 0.717) is 12.1 Å². The molecule has 0 saturated heterocycles. The largest absolute Gasteiger partial charge is 0.399 e. The fourth-order valence-electron chi connectivity index (χ4n) is 1.66. The Hall–Kier alpha value is -1.75. The molecule has 0 saturated carbocycles. The third-order valence-electron chi connectivity index (χ3n) is 2.69. The van der Waals surface area contributed by atoms with Crippen LogP contribution in [0.5, 0.6) is 0 Å². The van der Waals surface area contributed by atoms with Crippen molar-refractivity contribution in [2.24, 2.45) is 0 Å². The lowest BCUT2D eigenvalue weighted by Crippen LogP contribution is -2.04. The van der Waals surface area contributed by atoms with Crippen LogP contribution in [-0.2, 0) is 17.2 Å². The smallest absolute Gasteiger partial charge is 0.139 e. The Morgan fingerprint density at radius 2 is 1.74 bits per heavy atom. The highest BCUT2D eigenvalue weighted by Gasteiger charge is 2.11. The van der Waals surface area contributed by atoms with Crippen molar-refractivity contribution in [1.29, 1.82) is 0 Å². The molecule has 19 heavy (non-hydrogen) atoms. The van der Waals surface area contributed by atoms with Gasteiger partial charge in [-0.1, -0.05) is 12.1 Å². The van der Waals surface area contributed by atoms with Gasteiger partial charge in [0.05, 0.1) is 15.7 Å². The summed E-state index contributed by atoms with van der Waals surface area (Å²) in [5.74, 6) is -0.987. The lowest BCUT2D eigenvalue weighted by molar-refractivity contribution is 0.572. The second-order valence-corrected chi connectivity index (χ2v) is 5.66. The number of benzene rings is 2. The van der Waals surface area contributed by atoms with Crippen molar-refractivity contribution in [3.63, 3.8) is 0 Å². The molecule has 1 atom stereocenters. The number of hydrogen-bond acceptors (Lipinski definition) is 2. The molecule has 0 aromatic heterocycles. The predicted molar refractivity (Wildman–Crippen MR) is 72.2 cm³/mol. The quantitative estimate of drug-likeness (QED) is 0.876. The van der Waals surface area contributed by atoms with E-state index < -0.39 is 22.4 Å². The highest BCUT2D eigenvalue weighted by Crippen LogP contribution is 2.15. The van der Waals surface area contributed by atoms with Crippen LogP contribution in [0.2, 0.25) is 0 Å². The van der Waals surface area contributed by atoms with Gasteiger partial charge in [-0.25, -0.2) is 8.78 Å². The topological polar surface area (TPSA) is 43.1 Å². The molecule has 5 heteroatoms. The average Bonchev–Trinajstić information content (AvgIpc) is 2.40. The molecule has 0 bridgehead atoms. The zero-order chi connectivity index (χ0) is 13.8. The summed E-state index contributed by atoms with van der Waals surface area (Å²) in [5.41, 5.74) is 7.17. The molecule has 0 amide bonds. The van der Waals surface area contributed by atoms with Gasteiger partial charge in [-0.05, 0) is 42.3 Å². The van der Waals surface area contributed by atoms with Gasteiger partial charge in [0.25, 0.3) is 0 Å². The number of hydrogen-bond donors (Lipinski definition) is 1. The van der Waals surface area contributed by atoms with Crippen LogP contribution >= 0.6 is 0 Å². The zero-order valence-corrected chi connectivity index (χ0v) is 10.9. The molecule has 0 spiro atoms. The Bertz CT molecular complexity index is 599. The van der Waals surface area contributed by atoms with Crippen molar-refractivity contribution in [3.8, 4) is 0 Å². The Kier molecular flexibility index (Phi) is 4.27. The zero-order valence-electron chi connectivity index (χ0n) is 10.1. The lowest BCUT2D eigenvalue weighted by Gasteiger charge is -2.05. The van der Waals surface area contributed by atoms with Crippen molar-refractivity contribution in [2.75, 3.05) is 11.5 Å². The van der Waals surface area contributed by atoms with Crippen LogP contribution in [0.1, 0.15) is 5.56 Å². The van der Waals surface area contributed by atoms with Crippen molar-refractivity contribution in [1.82, 2.24) is 0 Å². The van der Waals surface area contributed by atoms with E-state index in [4.69, 9.17) is 5.73 Å². The molecule has 0 aliphatic heterocycles. The van der Waals surface area contributed by atoms with E-state index in [9.17, 15) is 13.0 Å². The van der Waals surface area contributed by atoms with Gasteiger partial charge in [0.1, 0.15) is 11.6 Å². The molecule has 2 aromatic rings. The number of rotatable bonds is 4. The molecule has 100 valence electrons. The maximum atomic E-state index is 13.4. The Labute approximate surface area is 112 Å². The van der Waals surface area contributed by atoms with E-state index in [-0.39, 0.29) is 10.6 Å². The van der Waals surface area contributed by atoms with Gasteiger partial charge in [-0.15, -0.1) is 0 Å². The number of nitrogens with two attached hydrogens (primary N) is 1. The molecule has 0 aliphatic rings. The lowest BCUT2D eigenvalue weighted by atomic mass is 10.2. The molecule has 0 radical (unpaired) electrons. The molecule has 2 rings (SSSR count). The monoisotopic (exact) mass is 281 g/mol. The van der Waals surface area contributed by atoms with Gasteiger partial charge in [0, 0.05) is 11.4 Å². The van der Waals surface area contributed by atoms with Crippen LogP contribution in [-0.4, -0.2) is 9.96 Å². The summed E-state index contributed by atoms with van der Waals surface area (Å²) in [6, 6.07) is 10.1. The van der Waals surface area contributed by atoms with Crippen LogP contribution in [0.25, 0.3) is 0 Å². The molecule has 0 heterocycles. The number of anilines is 1. The standard InChI is InChI=1S/C14H13F2NOS/c15-11-3-6-13(16)14(9-11)19(18)8-7-10-1-4-12(17)5-2-10/h1-6,9H,7-8,17H2. The van der Waals surface area contributed by atoms with E-state index in [0.717, 1.165) is 23.8 Å². The van der Waals surface area contributed by atoms with E-state index in [1.807, 2.05) is 12.1 Å². The molecule has 0 aliphatic carbocycles. The van der Waals surface area contributed by atoms with Gasteiger partial charge < -0.3 is 5.73 Å². The summed E-state index contributed by atoms with van der Waals surface area (Å²) in [5, 5.41) is 0. The van der Waals surface area contributed by atoms with E-state index in [1.165, 1.54) is 0 Å². The first kappa shape index (κ1) is 13.7. The first-order valence-corrected chi connectivity index (χ1v) is 7.06. The molecule has 1 unspecified atom stereocenters. The summed E-state index contributed by atoms with van der Waals surface area (Å²) in [4.78, 5) is -0.0876. The minimum absolute atomic E-state index is 0.0876. The number of halogens is 2. The highest BCUT2D eigenvalue weighted by molar-refractivity contribution is 7.85. The van der Waals surface area contributed by atoms with Crippen molar-refractivity contribution in [2.45, 2.75) is 11.3 Å². The van der Waals surface area contributed by atoms with E-state index >= 15 is 0 Å². The first-order valence-electron chi connectivity index (χ1n) is 5.74. The molecular weight excluding hydrogens is 268 g/mol. The Morgan fingerprint density at radius 3 is 2.42 bits per heavy atom. The summed E-state index contributed by atoms with van der Waals surface area (Å²) in [6.07, 6.45) is 0.517. The van der Waals surface area contributed by atoms with Gasteiger partial charge in [-0.3, -0.25) is 4.21 Å². The molecule has 0 fully saturated rings. The van der Waals surface area contributed by atoms with E-state index in [2.05, 4.69) is 0 Å². The van der Waals surface area contributed by atoms with E-state index in [1.54, 1.807) is 12.1 Å². The third kappa shape index (κ3) is 3.61. The van der Waals surface area contributed by atoms with Crippen LogP contribution < -0.4 is 5.73 Å². The van der Waals surface area contributed by atoms with Crippen molar-refractivity contribution >= 4 is 16.5 Å². The Balaban J connectivity index is 2.05. The van der Waals surface area contributed by atoms with Crippen molar-refractivity contribution < 1.29 is 13.0 Å². The van der Waals surface area contributed by atoms with Crippen LogP contribution in [0.4, 0.5) is 14.5 Å². The summed E-state index contributed by atoms with van der Waals surface area (Å²) >= 11 is 0.